The van der Waals surface area contributed by atoms with Crippen LogP contribution >= 0.6 is 22.6 Å². The molecular formula is C20H24INO2. The molecule has 0 aliphatic rings. The number of carbonyl (C=O) groups excluding carboxylic acids is 1. The minimum atomic E-state index is -0.566. The maximum Gasteiger partial charge on any atom is 0.265 e. The number of ether oxygens (including phenoxy) is 1. The lowest BCUT2D eigenvalue weighted by atomic mass is 9.87. The van der Waals surface area contributed by atoms with Crippen LogP contribution in [0.5, 0.6) is 5.75 Å². The van der Waals surface area contributed by atoms with Gasteiger partial charge in [0.1, 0.15) is 5.75 Å². The maximum atomic E-state index is 12.3. The van der Waals surface area contributed by atoms with Crippen molar-refractivity contribution in [3.63, 3.8) is 0 Å². The first kappa shape index (κ1) is 18.8. The molecule has 2 aromatic rings. The van der Waals surface area contributed by atoms with E-state index in [1.54, 1.807) is 6.92 Å². The van der Waals surface area contributed by atoms with E-state index in [9.17, 15) is 4.79 Å². The molecular weight excluding hydrogens is 413 g/mol. The summed E-state index contributed by atoms with van der Waals surface area (Å²) in [6.45, 7) is 10.2. The van der Waals surface area contributed by atoms with E-state index in [2.05, 4.69) is 48.7 Å². The molecule has 0 aromatic heterocycles. The van der Waals surface area contributed by atoms with E-state index in [4.69, 9.17) is 4.74 Å². The highest BCUT2D eigenvalue weighted by Crippen LogP contribution is 2.25. The van der Waals surface area contributed by atoms with Gasteiger partial charge in [0.2, 0.25) is 0 Å². The molecule has 0 heterocycles. The van der Waals surface area contributed by atoms with Crippen LogP contribution in [-0.2, 0) is 10.2 Å². The highest BCUT2D eigenvalue weighted by molar-refractivity contribution is 14.1. The Bertz CT molecular complexity index is 717. The second kappa shape index (κ2) is 7.55. The van der Waals surface area contributed by atoms with Gasteiger partial charge in [-0.25, -0.2) is 0 Å². The maximum absolute atomic E-state index is 12.3. The Morgan fingerprint density at radius 1 is 1.12 bits per heavy atom. The number of halogens is 1. The van der Waals surface area contributed by atoms with Crippen LogP contribution < -0.4 is 10.1 Å². The molecule has 2 rings (SSSR count). The molecule has 0 saturated heterocycles. The number of benzene rings is 2. The number of nitrogens with one attached hydrogen (secondary N) is 1. The predicted molar refractivity (Wildman–Crippen MR) is 108 cm³/mol. The largest absolute Gasteiger partial charge is 0.481 e. The number of hydrogen-bond acceptors (Lipinski definition) is 2. The number of rotatable bonds is 4. The highest BCUT2D eigenvalue weighted by Gasteiger charge is 2.17. The summed E-state index contributed by atoms with van der Waals surface area (Å²) in [5.41, 5.74) is 3.20. The third kappa shape index (κ3) is 4.97. The van der Waals surface area contributed by atoms with Crippen LogP contribution in [0.3, 0.4) is 0 Å². The molecule has 0 aliphatic carbocycles. The summed E-state index contributed by atoms with van der Waals surface area (Å²) in [6, 6.07) is 13.8. The van der Waals surface area contributed by atoms with Crippen molar-refractivity contribution in [3.05, 3.63) is 57.2 Å². The van der Waals surface area contributed by atoms with Gasteiger partial charge in [0.15, 0.2) is 6.10 Å². The molecule has 2 aromatic carbocycles. The van der Waals surface area contributed by atoms with E-state index in [0.717, 1.165) is 14.8 Å². The Morgan fingerprint density at radius 3 is 2.29 bits per heavy atom. The second-order valence-electron chi connectivity index (χ2n) is 6.98. The SMILES string of the molecule is Cc1cc(I)ccc1NC(=O)[C@H](C)Oc1ccc(C(C)(C)C)cc1. The van der Waals surface area contributed by atoms with Gasteiger partial charge >= 0.3 is 0 Å². The van der Waals surface area contributed by atoms with E-state index in [0.29, 0.717) is 5.75 Å². The molecule has 128 valence electrons. The molecule has 3 nitrogen and oxygen atoms in total. The summed E-state index contributed by atoms with van der Waals surface area (Å²) in [6.07, 6.45) is -0.566. The molecule has 0 radical (unpaired) electrons. The topological polar surface area (TPSA) is 38.3 Å². The van der Waals surface area contributed by atoms with Crippen molar-refractivity contribution >= 4 is 34.2 Å². The van der Waals surface area contributed by atoms with Crippen molar-refractivity contribution in [3.8, 4) is 5.75 Å². The molecule has 24 heavy (non-hydrogen) atoms. The van der Waals surface area contributed by atoms with Crippen LogP contribution in [0.1, 0.15) is 38.8 Å². The highest BCUT2D eigenvalue weighted by atomic mass is 127. The van der Waals surface area contributed by atoms with Crippen LogP contribution in [0.15, 0.2) is 42.5 Å². The Kier molecular flexibility index (Phi) is 5.91. The standard InChI is InChI=1S/C20H24INO2/c1-13-12-16(21)8-11-18(13)22-19(23)14(2)24-17-9-6-15(7-10-17)20(3,4)5/h6-12,14H,1-5H3,(H,22,23)/t14-/m0/s1. The quantitative estimate of drug-likeness (QED) is 0.659. The van der Waals surface area contributed by atoms with Crippen LogP contribution in [0.25, 0.3) is 0 Å². The van der Waals surface area contributed by atoms with Gasteiger partial charge in [-0.1, -0.05) is 32.9 Å². The zero-order valence-corrected chi connectivity index (χ0v) is 17.0. The van der Waals surface area contributed by atoms with Gasteiger partial charge in [-0.05, 0) is 83.3 Å². The normalized spacial score (nSPS) is 12.6. The molecule has 0 unspecified atom stereocenters. The third-order valence-electron chi connectivity index (χ3n) is 3.85. The number of aryl methyl sites for hydroxylation is 1. The van der Waals surface area contributed by atoms with Crippen LogP contribution in [0.2, 0.25) is 0 Å². The summed E-state index contributed by atoms with van der Waals surface area (Å²) in [7, 11) is 0. The molecule has 1 amide bonds. The first-order valence-corrected chi connectivity index (χ1v) is 9.09. The Labute approximate surface area is 157 Å². The molecule has 1 N–H and O–H groups in total. The van der Waals surface area contributed by atoms with Crippen LogP contribution in [0, 0.1) is 10.5 Å². The summed E-state index contributed by atoms with van der Waals surface area (Å²) >= 11 is 2.25. The lowest BCUT2D eigenvalue weighted by molar-refractivity contribution is -0.122. The Morgan fingerprint density at radius 2 is 1.75 bits per heavy atom. The third-order valence-corrected chi connectivity index (χ3v) is 4.52. The average molecular weight is 437 g/mol. The van der Waals surface area contributed by atoms with Crippen molar-refractivity contribution in [2.24, 2.45) is 0 Å². The minimum Gasteiger partial charge on any atom is -0.481 e. The predicted octanol–water partition coefficient (Wildman–Crippen LogP) is 5.30. The fourth-order valence-electron chi connectivity index (χ4n) is 2.29. The lowest BCUT2D eigenvalue weighted by Crippen LogP contribution is -2.30. The molecule has 1 atom stereocenters. The number of amides is 1. The van der Waals surface area contributed by atoms with Crippen molar-refractivity contribution in [1.29, 1.82) is 0 Å². The van der Waals surface area contributed by atoms with Crippen molar-refractivity contribution < 1.29 is 9.53 Å². The summed E-state index contributed by atoms with van der Waals surface area (Å²) in [4.78, 5) is 12.3. The zero-order valence-electron chi connectivity index (χ0n) is 14.8. The average Bonchev–Trinajstić information content (AvgIpc) is 2.49. The molecule has 0 fully saturated rings. The Hall–Kier alpha value is -1.56. The fraction of sp³-hybridized carbons (Fsp3) is 0.350. The van der Waals surface area contributed by atoms with E-state index >= 15 is 0 Å². The van der Waals surface area contributed by atoms with Gasteiger partial charge in [0.25, 0.3) is 5.91 Å². The van der Waals surface area contributed by atoms with E-state index in [-0.39, 0.29) is 11.3 Å². The lowest BCUT2D eigenvalue weighted by Gasteiger charge is -2.20. The monoisotopic (exact) mass is 437 g/mol. The van der Waals surface area contributed by atoms with Gasteiger partial charge in [0.05, 0.1) is 0 Å². The Balaban J connectivity index is 2.01. The van der Waals surface area contributed by atoms with Gasteiger partial charge in [-0.2, -0.15) is 0 Å². The molecule has 0 bridgehead atoms. The summed E-state index contributed by atoms with van der Waals surface area (Å²) in [5, 5.41) is 2.93. The van der Waals surface area contributed by atoms with Crippen molar-refractivity contribution in [2.75, 3.05) is 5.32 Å². The molecule has 4 heteroatoms. The van der Waals surface area contributed by atoms with Gasteiger partial charge in [-0.3, -0.25) is 4.79 Å². The van der Waals surface area contributed by atoms with Crippen LogP contribution in [-0.4, -0.2) is 12.0 Å². The number of anilines is 1. The first-order chi connectivity index (χ1) is 11.2. The summed E-state index contributed by atoms with van der Waals surface area (Å²) < 4.78 is 6.91. The van der Waals surface area contributed by atoms with Crippen molar-refractivity contribution in [1.82, 2.24) is 0 Å². The zero-order chi connectivity index (χ0) is 17.9. The van der Waals surface area contributed by atoms with Gasteiger partial charge < -0.3 is 10.1 Å². The number of carbonyl (C=O) groups is 1. The van der Waals surface area contributed by atoms with Crippen molar-refractivity contribution in [2.45, 2.75) is 46.1 Å². The van der Waals surface area contributed by atoms with E-state index < -0.39 is 6.10 Å². The van der Waals surface area contributed by atoms with Gasteiger partial charge in [-0.15, -0.1) is 0 Å². The molecule has 0 saturated carbocycles. The number of hydrogen-bond donors (Lipinski definition) is 1. The molecule has 0 aliphatic heterocycles. The smallest absolute Gasteiger partial charge is 0.265 e. The van der Waals surface area contributed by atoms with E-state index in [1.165, 1.54) is 5.56 Å². The summed E-state index contributed by atoms with van der Waals surface area (Å²) in [5.74, 6) is 0.546. The fourth-order valence-corrected chi connectivity index (χ4v) is 2.94. The van der Waals surface area contributed by atoms with E-state index in [1.807, 2.05) is 49.4 Å². The molecule has 0 spiro atoms. The minimum absolute atomic E-state index is 0.101. The van der Waals surface area contributed by atoms with Gasteiger partial charge in [0, 0.05) is 9.26 Å². The van der Waals surface area contributed by atoms with Crippen LogP contribution in [0.4, 0.5) is 5.69 Å². The second-order valence-corrected chi connectivity index (χ2v) is 8.23. The first-order valence-electron chi connectivity index (χ1n) is 8.01.